The average Bonchev–Trinajstić information content (AvgIpc) is 3.83. The average molecular weight is 759 g/mol. The van der Waals surface area contributed by atoms with Gasteiger partial charge >= 0.3 is 0 Å². The second kappa shape index (κ2) is 11.8. The van der Waals surface area contributed by atoms with Crippen LogP contribution in [0.3, 0.4) is 0 Å². The van der Waals surface area contributed by atoms with E-state index in [1.165, 1.54) is 131 Å². The monoisotopic (exact) mass is 758 g/mol. The topological polar surface area (TPSA) is 9.86 Å². The molecule has 14 aromatic rings. The molecule has 2 nitrogen and oxygen atoms in total. The first-order chi connectivity index (χ1) is 29.8. The van der Waals surface area contributed by atoms with Gasteiger partial charge in [0.15, 0.2) is 0 Å². The van der Waals surface area contributed by atoms with E-state index >= 15 is 0 Å². The van der Waals surface area contributed by atoms with E-state index in [1.807, 2.05) is 0 Å². The molecular weight excluding hydrogens is 725 g/mol. The number of hydrogen-bond donors (Lipinski definition) is 0. The lowest BCUT2D eigenvalue weighted by molar-refractivity contribution is 1.17. The Hall–Kier alpha value is -7.94. The fraction of sp³-hybridized carbons (Fsp3) is 0. The number of fused-ring (bicyclic) bond motifs is 3. The van der Waals surface area contributed by atoms with E-state index in [9.17, 15) is 0 Å². The van der Waals surface area contributed by atoms with Crippen molar-refractivity contribution in [2.45, 2.75) is 0 Å². The second-order valence-corrected chi connectivity index (χ2v) is 16.4. The molecule has 0 aliphatic rings. The van der Waals surface area contributed by atoms with Crippen LogP contribution >= 0.6 is 0 Å². The third-order valence-electron chi connectivity index (χ3n) is 13.4. The molecule has 0 fully saturated rings. The van der Waals surface area contributed by atoms with Crippen LogP contribution in [-0.2, 0) is 0 Å². The fourth-order valence-corrected chi connectivity index (χ4v) is 10.8. The molecule has 2 heteroatoms. The molecule has 12 aromatic carbocycles. The summed E-state index contributed by atoms with van der Waals surface area (Å²) in [6.45, 7) is 0. The largest absolute Gasteiger partial charge is 0.309 e. The van der Waals surface area contributed by atoms with Crippen LogP contribution in [0, 0.1) is 0 Å². The van der Waals surface area contributed by atoms with Gasteiger partial charge < -0.3 is 9.13 Å². The lowest BCUT2D eigenvalue weighted by atomic mass is 9.94. The highest BCUT2D eigenvalue weighted by molar-refractivity contribution is 6.27. The first-order valence-corrected chi connectivity index (χ1v) is 20.8. The molecular formula is C58H34N2. The van der Waals surface area contributed by atoms with Gasteiger partial charge in [0.1, 0.15) is 0 Å². The standard InChI is InChI=1S/C58H34N2/c1-3-17-43-35(11-1)13-7-21-45(43)41-31-39-27-25-37-15-9-23-51-55(37)57(39)53(33-41)59(51)49-29-30-50(48-20-6-5-19-47(48)49)60-52-24-10-16-38-26-28-40-32-42(34-54(60)58(40)56(38)52)46-22-8-14-36-12-2-4-18-44(36)46/h1-34H. The summed E-state index contributed by atoms with van der Waals surface area (Å²) in [7, 11) is 0. The maximum absolute atomic E-state index is 2.53. The Bertz CT molecular complexity index is 3790. The SMILES string of the molecule is c1ccc2c(-c3cc4ccc5cccc6c5c4c(c3)n6-c3ccc(-n4c5cccc6ccc7cc(-c8cccc9ccccc89)cc4c7c65)c4ccccc34)cccc2c1. The summed E-state index contributed by atoms with van der Waals surface area (Å²) in [5.74, 6) is 0. The van der Waals surface area contributed by atoms with E-state index < -0.39 is 0 Å². The fourth-order valence-electron chi connectivity index (χ4n) is 10.8. The Kier molecular flexibility index (Phi) is 6.32. The number of hydrogen-bond acceptors (Lipinski definition) is 0. The van der Waals surface area contributed by atoms with E-state index in [4.69, 9.17) is 0 Å². The molecule has 0 radical (unpaired) electrons. The Morgan fingerprint density at radius 3 is 1.08 bits per heavy atom. The minimum atomic E-state index is 1.18. The number of rotatable bonds is 4. The summed E-state index contributed by atoms with van der Waals surface area (Å²) in [6, 6.07) is 76.9. The minimum absolute atomic E-state index is 1.18. The van der Waals surface area contributed by atoms with Gasteiger partial charge in [-0.1, -0.05) is 158 Å². The predicted molar refractivity (Wildman–Crippen MR) is 256 cm³/mol. The van der Waals surface area contributed by atoms with Gasteiger partial charge in [-0.2, -0.15) is 0 Å². The summed E-state index contributed by atoms with van der Waals surface area (Å²) in [5, 5.41) is 17.8. The second-order valence-electron chi connectivity index (χ2n) is 16.4. The van der Waals surface area contributed by atoms with Crippen molar-refractivity contribution in [3.8, 4) is 33.6 Å². The molecule has 2 aromatic heterocycles. The van der Waals surface area contributed by atoms with Crippen molar-refractivity contribution < 1.29 is 0 Å². The summed E-state index contributed by atoms with van der Waals surface area (Å²) in [4.78, 5) is 0. The van der Waals surface area contributed by atoms with E-state index in [-0.39, 0.29) is 0 Å². The number of nitrogens with zero attached hydrogens (tertiary/aromatic N) is 2. The van der Waals surface area contributed by atoms with Gasteiger partial charge in [-0.05, 0) is 114 Å². The van der Waals surface area contributed by atoms with E-state index in [0.717, 1.165) is 0 Å². The maximum Gasteiger partial charge on any atom is 0.0553 e. The minimum Gasteiger partial charge on any atom is -0.309 e. The zero-order valence-electron chi connectivity index (χ0n) is 32.5. The van der Waals surface area contributed by atoms with Gasteiger partial charge in [0.05, 0.1) is 33.4 Å². The lowest BCUT2D eigenvalue weighted by Gasteiger charge is -2.17. The van der Waals surface area contributed by atoms with E-state index in [1.54, 1.807) is 0 Å². The Balaban J connectivity index is 1.07. The molecule has 0 saturated carbocycles. The molecule has 0 atom stereocenters. The molecule has 14 rings (SSSR count). The van der Waals surface area contributed by atoms with Crippen LogP contribution in [0.5, 0.6) is 0 Å². The third-order valence-corrected chi connectivity index (χ3v) is 13.4. The van der Waals surface area contributed by atoms with Crippen molar-refractivity contribution in [2.75, 3.05) is 0 Å². The summed E-state index contributed by atoms with van der Waals surface area (Å²) < 4.78 is 5.06. The summed E-state index contributed by atoms with van der Waals surface area (Å²) in [6.07, 6.45) is 0. The quantitative estimate of drug-likeness (QED) is 0.158. The van der Waals surface area contributed by atoms with Crippen LogP contribution < -0.4 is 0 Å². The van der Waals surface area contributed by atoms with Crippen molar-refractivity contribution in [1.29, 1.82) is 0 Å². The molecule has 0 unspecified atom stereocenters. The van der Waals surface area contributed by atoms with Gasteiger partial charge in [0, 0.05) is 32.3 Å². The highest BCUT2D eigenvalue weighted by atomic mass is 15.0. The first-order valence-electron chi connectivity index (χ1n) is 20.8. The summed E-state index contributed by atoms with van der Waals surface area (Å²) >= 11 is 0. The van der Waals surface area contributed by atoms with E-state index in [0.29, 0.717) is 0 Å². The van der Waals surface area contributed by atoms with Crippen molar-refractivity contribution in [3.63, 3.8) is 0 Å². The van der Waals surface area contributed by atoms with Crippen LogP contribution in [0.4, 0.5) is 0 Å². The molecule has 60 heavy (non-hydrogen) atoms. The molecule has 0 amide bonds. The smallest absolute Gasteiger partial charge is 0.0553 e. The molecule has 0 bridgehead atoms. The van der Waals surface area contributed by atoms with Crippen LogP contribution in [0.25, 0.3) is 131 Å². The van der Waals surface area contributed by atoms with Crippen molar-refractivity contribution in [3.05, 3.63) is 206 Å². The van der Waals surface area contributed by atoms with Crippen LogP contribution in [0.1, 0.15) is 0 Å². The molecule has 2 heterocycles. The zero-order valence-corrected chi connectivity index (χ0v) is 32.5. The third kappa shape index (κ3) is 4.27. The van der Waals surface area contributed by atoms with Crippen LogP contribution in [-0.4, -0.2) is 9.13 Å². The zero-order chi connectivity index (χ0) is 39.1. The van der Waals surface area contributed by atoms with Gasteiger partial charge in [0.25, 0.3) is 0 Å². The molecule has 0 aliphatic heterocycles. The maximum atomic E-state index is 2.53. The molecule has 0 aliphatic carbocycles. The van der Waals surface area contributed by atoms with Gasteiger partial charge in [0.2, 0.25) is 0 Å². The van der Waals surface area contributed by atoms with Gasteiger partial charge in [-0.3, -0.25) is 0 Å². The van der Waals surface area contributed by atoms with Gasteiger partial charge in [-0.15, -0.1) is 0 Å². The van der Waals surface area contributed by atoms with Gasteiger partial charge in [-0.25, -0.2) is 0 Å². The van der Waals surface area contributed by atoms with Crippen LogP contribution in [0.2, 0.25) is 0 Å². The highest BCUT2D eigenvalue weighted by Crippen LogP contribution is 2.46. The number of benzene rings is 12. The van der Waals surface area contributed by atoms with Crippen molar-refractivity contribution in [2.24, 2.45) is 0 Å². The molecule has 0 spiro atoms. The van der Waals surface area contributed by atoms with Crippen molar-refractivity contribution in [1.82, 2.24) is 9.13 Å². The normalized spacial score (nSPS) is 12.3. The Morgan fingerprint density at radius 2 is 0.600 bits per heavy atom. The molecule has 276 valence electrons. The van der Waals surface area contributed by atoms with E-state index in [2.05, 4.69) is 215 Å². The highest BCUT2D eigenvalue weighted by Gasteiger charge is 2.23. The molecule has 0 saturated heterocycles. The molecule has 0 N–H and O–H groups in total. The number of aromatic nitrogens is 2. The predicted octanol–water partition coefficient (Wildman–Crippen LogP) is 15.9. The van der Waals surface area contributed by atoms with Crippen LogP contribution in [0.15, 0.2) is 206 Å². The van der Waals surface area contributed by atoms with Crippen molar-refractivity contribution >= 4 is 97.5 Å². The summed E-state index contributed by atoms with van der Waals surface area (Å²) in [5.41, 5.74) is 12.2. The Morgan fingerprint density at radius 1 is 0.233 bits per heavy atom. The first kappa shape index (κ1) is 32.1. The Labute approximate surface area is 345 Å². The lowest BCUT2D eigenvalue weighted by Crippen LogP contribution is -2.00.